The van der Waals surface area contributed by atoms with Crippen LogP contribution in [-0.4, -0.2) is 45.3 Å². The van der Waals surface area contributed by atoms with Crippen LogP contribution in [0, 0.1) is 49.4 Å². The Morgan fingerprint density at radius 2 is 1.84 bits per heavy atom. The van der Waals surface area contributed by atoms with Gasteiger partial charge in [-0.15, -0.1) is 0 Å². The monoisotopic (exact) mass is 512 g/mol. The molecule has 1 aliphatic heterocycles. The van der Waals surface area contributed by atoms with Gasteiger partial charge in [0.1, 0.15) is 11.3 Å². The fourth-order valence-corrected chi connectivity index (χ4v) is 9.63. The SMILES string of the molecule is Cc1nc2nc([C@H]3CCO[C@@H](c4ccc(=O)n(N(C)C)c4)C3)nc(C34CCC5C6C(C)C3C6C54)c2nc1C. The Morgan fingerprint density at radius 3 is 2.63 bits per heavy atom. The number of hydrogen-bond acceptors (Lipinski definition) is 7. The molecule has 9 atom stereocenters. The molecule has 3 aromatic rings. The number of aryl methyl sites for hydroxylation is 2. The van der Waals surface area contributed by atoms with Gasteiger partial charge in [-0.25, -0.2) is 24.6 Å². The van der Waals surface area contributed by atoms with Crippen molar-refractivity contribution in [3.8, 4) is 0 Å². The van der Waals surface area contributed by atoms with Crippen molar-refractivity contribution in [2.75, 3.05) is 25.7 Å². The molecular formula is C30H36N6O2. The predicted octanol–water partition coefficient (Wildman–Crippen LogP) is 3.82. The minimum atomic E-state index is -0.102. The first-order chi connectivity index (χ1) is 18.3. The average Bonchev–Trinajstić information content (AvgIpc) is 3.00. The van der Waals surface area contributed by atoms with Crippen LogP contribution < -0.4 is 10.6 Å². The smallest absolute Gasteiger partial charge is 0.268 e. The number of hydrogen-bond donors (Lipinski definition) is 0. The van der Waals surface area contributed by atoms with Gasteiger partial charge in [-0.05, 0) is 86.7 Å². The molecule has 0 bridgehead atoms. The third-order valence-electron chi connectivity index (χ3n) is 11.3. The van der Waals surface area contributed by atoms with E-state index in [1.165, 1.54) is 18.5 Å². The molecule has 1 saturated heterocycles. The third-order valence-corrected chi connectivity index (χ3v) is 11.3. The molecule has 0 aromatic carbocycles. The van der Waals surface area contributed by atoms with Crippen LogP contribution >= 0.6 is 0 Å². The lowest BCUT2D eigenvalue weighted by Gasteiger charge is -2.81. The molecule has 0 radical (unpaired) electrons. The Bertz CT molecular complexity index is 1540. The minimum absolute atomic E-state index is 0.0470. The average molecular weight is 513 g/mol. The summed E-state index contributed by atoms with van der Waals surface area (Å²) in [7, 11) is 3.74. The highest BCUT2D eigenvalue weighted by atomic mass is 16.5. The fraction of sp³-hybridized carbons (Fsp3) is 0.633. The molecule has 198 valence electrons. The number of pyridine rings is 1. The summed E-state index contributed by atoms with van der Waals surface area (Å²) in [5, 5.41) is 1.79. The Labute approximate surface area is 222 Å². The van der Waals surface area contributed by atoms with E-state index in [4.69, 9.17) is 24.7 Å². The molecule has 3 aromatic heterocycles. The highest BCUT2D eigenvalue weighted by Crippen LogP contribution is 2.87. The summed E-state index contributed by atoms with van der Waals surface area (Å²) >= 11 is 0. The summed E-state index contributed by atoms with van der Waals surface area (Å²) in [5.74, 6) is 6.19. The van der Waals surface area contributed by atoms with Gasteiger partial charge >= 0.3 is 0 Å². The molecule has 0 N–H and O–H groups in total. The molecule has 0 spiro atoms. The van der Waals surface area contributed by atoms with Crippen molar-refractivity contribution in [1.82, 2.24) is 24.6 Å². The zero-order valence-corrected chi connectivity index (χ0v) is 22.9. The molecule has 0 amide bonds. The van der Waals surface area contributed by atoms with E-state index in [9.17, 15) is 4.79 Å². The van der Waals surface area contributed by atoms with Crippen molar-refractivity contribution in [1.29, 1.82) is 0 Å². The fourth-order valence-electron chi connectivity index (χ4n) is 9.63. The van der Waals surface area contributed by atoms with Gasteiger partial charge in [-0.1, -0.05) is 6.92 Å². The second kappa shape index (κ2) is 7.62. The Kier molecular flexibility index (Phi) is 4.62. The molecule has 4 aliphatic carbocycles. The van der Waals surface area contributed by atoms with E-state index in [1.54, 1.807) is 15.8 Å². The van der Waals surface area contributed by atoms with Gasteiger partial charge in [0.2, 0.25) is 0 Å². The summed E-state index contributed by atoms with van der Waals surface area (Å²) in [4.78, 5) is 32.9. The lowest BCUT2D eigenvalue weighted by Crippen LogP contribution is -2.80. The van der Waals surface area contributed by atoms with Crippen LogP contribution in [0.3, 0.4) is 0 Å². The number of nitrogens with zero attached hydrogens (tertiary/aromatic N) is 6. The van der Waals surface area contributed by atoms with Gasteiger partial charge in [0.05, 0.1) is 23.2 Å². The van der Waals surface area contributed by atoms with Gasteiger partial charge in [0.25, 0.3) is 5.56 Å². The summed E-state index contributed by atoms with van der Waals surface area (Å²) < 4.78 is 7.86. The zero-order valence-electron chi connectivity index (χ0n) is 22.9. The molecule has 8 nitrogen and oxygen atoms in total. The number of fused-ring (bicyclic) bond motifs is 3. The first-order valence-electron chi connectivity index (χ1n) is 14.3. The van der Waals surface area contributed by atoms with Crippen LogP contribution in [0.5, 0.6) is 0 Å². The van der Waals surface area contributed by atoms with Crippen LogP contribution in [-0.2, 0) is 10.2 Å². The van der Waals surface area contributed by atoms with Crippen molar-refractivity contribution < 1.29 is 4.74 Å². The first kappa shape index (κ1) is 23.1. The van der Waals surface area contributed by atoms with Crippen LogP contribution in [0.15, 0.2) is 23.1 Å². The van der Waals surface area contributed by atoms with Crippen molar-refractivity contribution >= 4 is 11.2 Å². The van der Waals surface area contributed by atoms with Gasteiger partial charge in [0, 0.05) is 44.3 Å². The highest BCUT2D eigenvalue weighted by Gasteiger charge is 2.85. The molecule has 5 fully saturated rings. The maximum atomic E-state index is 12.3. The van der Waals surface area contributed by atoms with E-state index in [1.807, 2.05) is 33.3 Å². The summed E-state index contributed by atoms with van der Waals surface area (Å²) in [5.41, 5.74) is 5.97. The predicted molar refractivity (Wildman–Crippen MR) is 144 cm³/mol. The maximum absolute atomic E-state index is 12.3. The molecule has 4 saturated carbocycles. The van der Waals surface area contributed by atoms with Gasteiger partial charge in [-0.3, -0.25) is 4.79 Å². The van der Waals surface area contributed by atoms with Crippen LogP contribution in [0.4, 0.5) is 0 Å². The highest BCUT2D eigenvalue weighted by molar-refractivity contribution is 5.75. The Morgan fingerprint density at radius 1 is 1.03 bits per heavy atom. The first-order valence-corrected chi connectivity index (χ1v) is 14.3. The molecule has 8 rings (SSSR count). The number of aromatic nitrogens is 5. The second-order valence-electron chi connectivity index (χ2n) is 12.9. The largest absolute Gasteiger partial charge is 0.373 e. The van der Waals surface area contributed by atoms with Gasteiger partial charge in [-0.2, -0.15) is 0 Å². The second-order valence-corrected chi connectivity index (χ2v) is 12.9. The van der Waals surface area contributed by atoms with E-state index in [-0.39, 0.29) is 23.0 Å². The molecular weight excluding hydrogens is 476 g/mol. The van der Waals surface area contributed by atoms with Crippen LogP contribution in [0.2, 0.25) is 0 Å². The Balaban J connectivity index is 1.21. The van der Waals surface area contributed by atoms with Gasteiger partial charge in [0.15, 0.2) is 5.65 Å². The molecule has 38 heavy (non-hydrogen) atoms. The number of ether oxygens (including phenoxy) is 1. The minimum Gasteiger partial charge on any atom is -0.373 e. The van der Waals surface area contributed by atoms with Gasteiger partial charge < -0.3 is 9.75 Å². The zero-order chi connectivity index (χ0) is 26.1. The van der Waals surface area contributed by atoms with Crippen LogP contribution in [0.1, 0.15) is 73.1 Å². The van der Waals surface area contributed by atoms with Crippen LogP contribution in [0.25, 0.3) is 11.2 Å². The maximum Gasteiger partial charge on any atom is 0.268 e. The summed E-state index contributed by atoms with van der Waals surface area (Å²) in [6.45, 7) is 7.21. The molecule has 8 heteroatoms. The topological polar surface area (TPSA) is 86.0 Å². The van der Waals surface area contributed by atoms with E-state index in [0.717, 1.165) is 82.3 Å². The van der Waals surface area contributed by atoms with Crippen molar-refractivity contribution in [3.63, 3.8) is 0 Å². The van der Waals surface area contributed by atoms with E-state index >= 15 is 0 Å². The summed E-state index contributed by atoms with van der Waals surface area (Å²) in [6, 6.07) is 3.53. The third kappa shape index (κ3) is 2.72. The van der Waals surface area contributed by atoms with E-state index < -0.39 is 0 Å². The van der Waals surface area contributed by atoms with Crippen molar-refractivity contribution in [3.05, 3.63) is 57.2 Å². The molecule has 4 heterocycles. The van der Waals surface area contributed by atoms with E-state index in [2.05, 4.69) is 13.8 Å². The Hall–Kier alpha value is -2.87. The normalized spacial score (nSPS) is 38.2. The van der Waals surface area contributed by atoms with Crippen molar-refractivity contribution in [2.24, 2.45) is 35.5 Å². The quantitative estimate of drug-likeness (QED) is 0.525. The number of rotatable bonds is 4. The lowest BCUT2D eigenvalue weighted by atomic mass is 9.22. The van der Waals surface area contributed by atoms with Crippen molar-refractivity contribution in [2.45, 2.75) is 63.9 Å². The summed E-state index contributed by atoms with van der Waals surface area (Å²) in [6.07, 6.45) is 6.06. The lowest BCUT2D eigenvalue weighted by molar-refractivity contribution is -0.317. The standard InChI is InChI=1S/C30H36N6O2/c1-14-22-19-8-10-30(24(14)23(22)25(19)30)27-26-29(32-16(3)15(2)31-26)34-28(33-27)17-9-11-38-20(12-17)18-6-7-21(37)36(13-18)35(4)5/h6-7,13-14,17,19-20,22-25H,8-12H2,1-5H3/t14?,17-,19?,20+,22?,23?,24?,25?,30?/m0/s1. The van der Waals surface area contributed by atoms with E-state index in [0.29, 0.717) is 6.61 Å². The molecule has 7 unspecified atom stereocenters. The molecule has 5 aliphatic rings.